The Morgan fingerprint density at radius 2 is 2.39 bits per heavy atom. The van der Waals surface area contributed by atoms with Crippen LogP contribution in [0.4, 0.5) is 4.39 Å². The fourth-order valence-electron chi connectivity index (χ4n) is 2.34. The summed E-state index contributed by atoms with van der Waals surface area (Å²) in [6.07, 6.45) is 0.202. The molecule has 0 bridgehead atoms. The molecule has 1 fully saturated rings. The third kappa shape index (κ3) is 3.09. The molecule has 0 spiro atoms. The lowest BCUT2D eigenvalue weighted by Crippen LogP contribution is -2.45. The van der Waals surface area contributed by atoms with E-state index in [2.05, 4.69) is 20.8 Å². The molecule has 18 heavy (non-hydrogen) atoms. The molecule has 0 aliphatic carbocycles. The molecule has 0 radical (unpaired) electrons. The Kier molecular flexibility index (Phi) is 4.72. The van der Waals surface area contributed by atoms with E-state index in [4.69, 9.17) is 10.5 Å². The SMILES string of the molecule is CC1CN(C(CN)c2ccc(Br)c(F)c2)CCO1. The van der Waals surface area contributed by atoms with Crippen molar-refractivity contribution < 1.29 is 9.13 Å². The highest BCUT2D eigenvalue weighted by Crippen LogP contribution is 2.25. The maximum atomic E-state index is 13.6. The van der Waals surface area contributed by atoms with Gasteiger partial charge in [-0.2, -0.15) is 0 Å². The van der Waals surface area contributed by atoms with Gasteiger partial charge >= 0.3 is 0 Å². The highest BCUT2D eigenvalue weighted by molar-refractivity contribution is 9.10. The fourth-order valence-corrected chi connectivity index (χ4v) is 2.59. The molecule has 1 aromatic rings. The Morgan fingerprint density at radius 1 is 1.61 bits per heavy atom. The summed E-state index contributed by atoms with van der Waals surface area (Å²) in [4.78, 5) is 2.26. The molecule has 2 unspecified atom stereocenters. The van der Waals surface area contributed by atoms with Gasteiger partial charge in [0.2, 0.25) is 0 Å². The normalized spacial score (nSPS) is 23.0. The quantitative estimate of drug-likeness (QED) is 0.930. The van der Waals surface area contributed by atoms with Gasteiger partial charge in [0.1, 0.15) is 5.82 Å². The Morgan fingerprint density at radius 3 is 3.00 bits per heavy atom. The standard InChI is InChI=1S/C13H18BrFN2O/c1-9-8-17(4-5-18-9)13(7-16)10-2-3-11(14)12(15)6-10/h2-3,6,9,13H,4-5,7-8,16H2,1H3. The van der Waals surface area contributed by atoms with E-state index < -0.39 is 0 Å². The first-order valence-electron chi connectivity index (χ1n) is 6.12. The summed E-state index contributed by atoms with van der Waals surface area (Å²) in [7, 11) is 0. The number of rotatable bonds is 3. The number of hydrogen-bond donors (Lipinski definition) is 1. The lowest BCUT2D eigenvalue weighted by Gasteiger charge is -2.37. The van der Waals surface area contributed by atoms with Gasteiger partial charge in [-0.05, 0) is 40.5 Å². The van der Waals surface area contributed by atoms with Crippen molar-refractivity contribution in [2.24, 2.45) is 5.73 Å². The number of hydrogen-bond acceptors (Lipinski definition) is 3. The molecule has 1 heterocycles. The zero-order chi connectivity index (χ0) is 13.1. The van der Waals surface area contributed by atoms with Crippen molar-refractivity contribution in [3.63, 3.8) is 0 Å². The number of halogens is 2. The van der Waals surface area contributed by atoms with Gasteiger partial charge in [-0.3, -0.25) is 4.90 Å². The minimum absolute atomic E-state index is 0.0546. The largest absolute Gasteiger partial charge is 0.376 e. The molecular formula is C13H18BrFN2O. The summed E-state index contributed by atoms with van der Waals surface area (Å²) < 4.78 is 19.6. The minimum atomic E-state index is -0.243. The molecular weight excluding hydrogens is 299 g/mol. The molecule has 2 atom stereocenters. The van der Waals surface area contributed by atoms with Gasteiger partial charge in [-0.1, -0.05) is 6.07 Å². The van der Waals surface area contributed by atoms with Crippen LogP contribution in [0.15, 0.2) is 22.7 Å². The topological polar surface area (TPSA) is 38.5 Å². The highest BCUT2D eigenvalue weighted by atomic mass is 79.9. The van der Waals surface area contributed by atoms with Gasteiger partial charge in [0.25, 0.3) is 0 Å². The number of morpholine rings is 1. The van der Waals surface area contributed by atoms with E-state index in [-0.39, 0.29) is 18.0 Å². The summed E-state index contributed by atoms with van der Waals surface area (Å²) in [6, 6.07) is 5.27. The van der Waals surface area contributed by atoms with Gasteiger partial charge in [0, 0.05) is 25.7 Å². The van der Waals surface area contributed by atoms with Crippen molar-refractivity contribution in [3.8, 4) is 0 Å². The summed E-state index contributed by atoms with van der Waals surface area (Å²) in [5.41, 5.74) is 6.78. The molecule has 1 aromatic carbocycles. The van der Waals surface area contributed by atoms with Crippen molar-refractivity contribution in [1.29, 1.82) is 0 Å². The van der Waals surface area contributed by atoms with E-state index in [1.165, 1.54) is 0 Å². The predicted molar refractivity (Wildman–Crippen MR) is 72.9 cm³/mol. The third-order valence-electron chi connectivity index (χ3n) is 3.26. The van der Waals surface area contributed by atoms with Crippen LogP contribution < -0.4 is 5.73 Å². The lowest BCUT2D eigenvalue weighted by atomic mass is 10.0. The van der Waals surface area contributed by atoms with Gasteiger partial charge in [-0.15, -0.1) is 0 Å². The van der Waals surface area contributed by atoms with Crippen LogP contribution in [0.2, 0.25) is 0 Å². The molecule has 0 amide bonds. The van der Waals surface area contributed by atoms with E-state index >= 15 is 0 Å². The van der Waals surface area contributed by atoms with Gasteiger partial charge in [0.05, 0.1) is 17.2 Å². The van der Waals surface area contributed by atoms with Crippen LogP contribution in [0.1, 0.15) is 18.5 Å². The zero-order valence-electron chi connectivity index (χ0n) is 10.4. The molecule has 3 nitrogen and oxygen atoms in total. The lowest BCUT2D eigenvalue weighted by molar-refractivity contribution is -0.0333. The Labute approximate surface area is 115 Å². The molecule has 0 saturated carbocycles. The fraction of sp³-hybridized carbons (Fsp3) is 0.538. The first-order valence-corrected chi connectivity index (χ1v) is 6.91. The summed E-state index contributed by atoms with van der Waals surface area (Å²) in [5, 5.41) is 0. The maximum Gasteiger partial charge on any atom is 0.137 e. The molecule has 1 aliphatic heterocycles. The average molecular weight is 317 g/mol. The van der Waals surface area contributed by atoms with Gasteiger partial charge in [0.15, 0.2) is 0 Å². The van der Waals surface area contributed by atoms with Gasteiger partial charge < -0.3 is 10.5 Å². The zero-order valence-corrected chi connectivity index (χ0v) is 12.0. The Hall–Kier alpha value is -0.490. The maximum absolute atomic E-state index is 13.6. The Balaban J connectivity index is 2.18. The van der Waals surface area contributed by atoms with Crippen LogP contribution in [0.5, 0.6) is 0 Å². The smallest absolute Gasteiger partial charge is 0.137 e. The van der Waals surface area contributed by atoms with Crippen LogP contribution >= 0.6 is 15.9 Å². The summed E-state index contributed by atoms with van der Waals surface area (Å²) >= 11 is 3.17. The molecule has 100 valence electrons. The van der Waals surface area contributed by atoms with Crippen molar-refractivity contribution in [1.82, 2.24) is 4.90 Å². The van der Waals surface area contributed by atoms with Crippen LogP contribution in [0.3, 0.4) is 0 Å². The summed E-state index contributed by atoms with van der Waals surface area (Å²) in [5.74, 6) is -0.243. The molecule has 1 saturated heterocycles. The van der Waals surface area contributed by atoms with E-state index in [1.54, 1.807) is 12.1 Å². The number of benzene rings is 1. The van der Waals surface area contributed by atoms with Crippen molar-refractivity contribution in [2.45, 2.75) is 19.1 Å². The second kappa shape index (κ2) is 6.10. The van der Waals surface area contributed by atoms with E-state index in [0.29, 0.717) is 17.6 Å². The average Bonchev–Trinajstić information content (AvgIpc) is 2.35. The second-order valence-electron chi connectivity index (χ2n) is 4.60. The monoisotopic (exact) mass is 316 g/mol. The van der Waals surface area contributed by atoms with Gasteiger partial charge in [-0.25, -0.2) is 4.39 Å². The van der Waals surface area contributed by atoms with E-state index in [1.807, 2.05) is 13.0 Å². The molecule has 1 aliphatic rings. The molecule has 5 heteroatoms. The third-order valence-corrected chi connectivity index (χ3v) is 3.91. The highest BCUT2D eigenvalue weighted by Gasteiger charge is 2.25. The van der Waals surface area contributed by atoms with Crippen molar-refractivity contribution in [2.75, 3.05) is 26.2 Å². The van der Waals surface area contributed by atoms with Crippen LogP contribution in [0, 0.1) is 5.82 Å². The van der Waals surface area contributed by atoms with Crippen molar-refractivity contribution in [3.05, 3.63) is 34.1 Å². The number of nitrogens with two attached hydrogens (primary N) is 1. The number of ether oxygens (including phenoxy) is 1. The first-order chi connectivity index (χ1) is 8.61. The summed E-state index contributed by atoms with van der Waals surface area (Å²) in [6.45, 7) is 4.90. The molecule has 0 aromatic heterocycles. The minimum Gasteiger partial charge on any atom is -0.376 e. The van der Waals surface area contributed by atoms with Crippen LogP contribution in [-0.2, 0) is 4.74 Å². The Bertz CT molecular complexity index is 416. The predicted octanol–water partition coefficient (Wildman–Crippen LogP) is 2.31. The number of nitrogens with zero attached hydrogens (tertiary/aromatic N) is 1. The molecule has 2 N–H and O–H groups in total. The van der Waals surface area contributed by atoms with Crippen LogP contribution in [0.25, 0.3) is 0 Å². The second-order valence-corrected chi connectivity index (χ2v) is 5.46. The van der Waals surface area contributed by atoms with Crippen LogP contribution in [-0.4, -0.2) is 37.2 Å². The van der Waals surface area contributed by atoms with E-state index in [9.17, 15) is 4.39 Å². The first kappa shape index (κ1) is 13.9. The van der Waals surface area contributed by atoms with Crippen molar-refractivity contribution >= 4 is 15.9 Å². The van der Waals surface area contributed by atoms with E-state index in [0.717, 1.165) is 18.7 Å². The molecule has 2 rings (SSSR count).